The Balaban J connectivity index is 1.49. The molecule has 3 aromatic carbocycles. The molecule has 4 rings (SSSR count). The molecule has 156 valence electrons. The molecule has 1 aromatic heterocycles. The highest BCUT2D eigenvalue weighted by Crippen LogP contribution is 2.37. The summed E-state index contributed by atoms with van der Waals surface area (Å²) in [4.78, 5) is 12.9. The van der Waals surface area contributed by atoms with Crippen LogP contribution in [0.25, 0.3) is 21.6 Å². The average Bonchev–Trinajstić information content (AvgIpc) is 3.32. The zero-order chi connectivity index (χ0) is 21.6. The minimum absolute atomic E-state index is 0.391. The zero-order valence-corrected chi connectivity index (χ0v) is 18.8. The van der Waals surface area contributed by atoms with E-state index in [1.165, 1.54) is 40.6 Å². The fraction of sp³-hybridized carbons (Fsp3) is 0.0800. The molecule has 6 heteroatoms. The largest absolute Gasteiger partial charge is 0.495 e. The van der Waals surface area contributed by atoms with Crippen molar-refractivity contribution in [2.45, 2.75) is 4.21 Å². The Labute approximate surface area is 190 Å². The fourth-order valence-electron chi connectivity index (χ4n) is 3.14. The van der Waals surface area contributed by atoms with Crippen LogP contribution in [0.1, 0.15) is 10.4 Å². The maximum absolute atomic E-state index is 11.7. The summed E-state index contributed by atoms with van der Waals surface area (Å²) in [6.07, 6.45) is 0. The van der Waals surface area contributed by atoms with Gasteiger partial charge < -0.3 is 14.2 Å². The van der Waals surface area contributed by atoms with Crippen molar-refractivity contribution < 1.29 is 14.3 Å². The normalized spacial score (nSPS) is 10.5. The topological polar surface area (TPSA) is 47.6 Å². The Bertz CT molecular complexity index is 1190. The minimum Gasteiger partial charge on any atom is -0.495 e. The Morgan fingerprint density at radius 3 is 2.39 bits per heavy atom. The lowest BCUT2D eigenvalue weighted by Crippen LogP contribution is -2.02. The van der Waals surface area contributed by atoms with Gasteiger partial charge in [0.2, 0.25) is 0 Å². The van der Waals surface area contributed by atoms with Crippen LogP contribution in [0.2, 0.25) is 0 Å². The van der Waals surface area contributed by atoms with E-state index in [4.69, 9.17) is 9.47 Å². The van der Waals surface area contributed by atoms with Crippen LogP contribution in [0.15, 0.2) is 89.1 Å². The van der Waals surface area contributed by atoms with Crippen molar-refractivity contribution in [1.82, 2.24) is 0 Å². The Hall–Kier alpha value is -3.22. The van der Waals surface area contributed by atoms with Gasteiger partial charge >= 0.3 is 5.97 Å². The predicted molar refractivity (Wildman–Crippen MR) is 129 cm³/mol. The van der Waals surface area contributed by atoms with E-state index in [2.05, 4.69) is 65.4 Å². The number of esters is 1. The van der Waals surface area contributed by atoms with Crippen LogP contribution in [0.4, 0.5) is 5.69 Å². The number of anilines is 1. The standard InChI is InChI=1S/C25H21NO3S2/c1-28-22-16-20(25(27)29-2)11-12-21(22)26-31-24-14-13-23(30-24)19-10-6-9-18(15-19)17-7-4-3-5-8-17/h3-16,26H,1-2H3. The Morgan fingerprint density at radius 1 is 0.839 bits per heavy atom. The number of nitrogens with one attached hydrogen (secondary N) is 1. The van der Waals surface area contributed by atoms with Crippen molar-refractivity contribution in [3.05, 3.63) is 90.5 Å². The van der Waals surface area contributed by atoms with Gasteiger partial charge in [-0.15, -0.1) is 11.3 Å². The second-order valence-electron chi connectivity index (χ2n) is 6.68. The quantitative estimate of drug-likeness (QED) is 0.244. The lowest BCUT2D eigenvalue weighted by atomic mass is 10.0. The number of hydrogen-bond acceptors (Lipinski definition) is 6. The second-order valence-corrected chi connectivity index (χ2v) is 8.87. The van der Waals surface area contributed by atoms with Gasteiger partial charge in [-0.2, -0.15) is 0 Å². The summed E-state index contributed by atoms with van der Waals surface area (Å²) in [5, 5.41) is 0. The van der Waals surface area contributed by atoms with Crippen molar-refractivity contribution in [1.29, 1.82) is 0 Å². The summed E-state index contributed by atoms with van der Waals surface area (Å²) in [6.45, 7) is 0. The molecule has 1 N–H and O–H groups in total. The Kier molecular flexibility index (Phi) is 6.60. The van der Waals surface area contributed by atoms with Crippen LogP contribution < -0.4 is 9.46 Å². The van der Waals surface area contributed by atoms with E-state index in [-0.39, 0.29) is 0 Å². The second kappa shape index (κ2) is 9.73. The van der Waals surface area contributed by atoms with Crippen molar-refractivity contribution in [3.63, 3.8) is 0 Å². The van der Waals surface area contributed by atoms with Crippen molar-refractivity contribution in [2.75, 3.05) is 18.9 Å². The third-order valence-corrected chi connectivity index (χ3v) is 6.81. The molecule has 4 aromatic rings. The summed E-state index contributed by atoms with van der Waals surface area (Å²) in [5.41, 5.74) is 4.85. The maximum Gasteiger partial charge on any atom is 0.337 e. The molecule has 0 aliphatic carbocycles. The van der Waals surface area contributed by atoms with Crippen LogP contribution in [0.5, 0.6) is 5.75 Å². The van der Waals surface area contributed by atoms with E-state index in [0.717, 1.165) is 9.90 Å². The first-order chi connectivity index (χ1) is 15.2. The summed E-state index contributed by atoms with van der Waals surface area (Å²) in [6, 6.07) is 28.4. The van der Waals surface area contributed by atoms with E-state index in [0.29, 0.717) is 11.3 Å². The molecule has 0 unspecified atom stereocenters. The van der Waals surface area contributed by atoms with Gasteiger partial charge in [0.15, 0.2) is 0 Å². The number of benzene rings is 3. The molecule has 0 atom stereocenters. The molecular weight excluding hydrogens is 426 g/mol. The molecule has 31 heavy (non-hydrogen) atoms. The molecular formula is C25H21NO3S2. The summed E-state index contributed by atoms with van der Waals surface area (Å²) in [5.74, 6) is 0.195. The van der Waals surface area contributed by atoms with Crippen LogP contribution in [-0.2, 0) is 4.74 Å². The molecule has 0 bridgehead atoms. The van der Waals surface area contributed by atoms with Crippen LogP contribution in [0, 0.1) is 0 Å². The highest BCUT2D eigenvalue weighted by atomic mass is 32.2. The minimum atomic E-state index is -0.391. The molecule has 0 fully saturated rings. The van der Waals surface area contributed by atoms with Gasteiger partial charge in [0, 0.05) is 4.88 Å². The maximum atomic E-state index is 11.7. The molecule has 0 aliphatic heterocycles. The Morgan fingerprint density at radius 2 is 1.61 bits per heavy atom. The summed E-state index contributed by atoms with van der Waals surface area (Å²) in [7, 11) is 2.94. The van der Waals surface area contributed by atoms with Gasteiger partial charge in [0.05, 0.1) is 29.7 Å². The first kappa shape index (κ1) is 21.0. The first-order valence-corrected chi connectivity index (χ1v) is 11.3. The number of ether oxygens (including phenoxy) is 2. The highest BCUT2D eigenvalue weighted by Gasteiger charge is 2.11. The van der Waals surface area contributed by atoms with Gasteiger partial charge in [0.25, 0.3) is 0 Å². The van der Waals surface area contributed by atoms with Gasteiger partial charge in [0.1, 0.15) is 5.75 Å². The van der Waals surface area contributed by atoms with E-state index >= 15 is 0 Å². The van der Waals surface area contributed by atoms with Gasteiger partial charge in [-0.25, -0.2) is 4.79 Å². The van der Waals surface area contributed by atoms with Gasteiger partial charge in [-0.1, -0.05) is 48.5 Å². The smallest absolute Gasteiger partial charge is 0.337 e. The van der Waals surface area contributed by atoms with Crippen molar-refractivity contribution in [3.8, 4) is 27.3 Å². The number of methoxy groups -OCH3 is 2. The molecule has 0 radical (unpaired) electrons. The lowest BCUT2D eigenvalue weighted by molar-refractivity contribution is 0.0600. The fourth-order valence-corrected chi connectivity index (χ4v) is 4.95. The van der Waals surface area contributed by atoms with E-state index in [1.54, 1.807) is 30.6 Å². The molecule has 0 spiro atoms. The molecule has 0 saturated heterocycles. The van der Waals surface area contributed by atoms with Crippen molar-refractivity contribution >= 4 is 34.9 Å². The van der Waals surface area contributed by atoms with Crippen LogP contribution in [0.3, 0.4) is 0 Å². The monoisotopic (exact) mass is 447 g/mol. The molecule has 4 nitrogen and oxygen atoms in total. The number of hydrogen-bond donors (Lipinski definition) is 1. The zero-order valence-electron chi connectivity index (χ0n) is 17.1. The highest BCUT2D eigenvalue weighted by molar-refractivity contribution is 8.02. The number of thiophene rings is 1. The third-order valence-electron chi connectivity index (χ3n) is 4.72. The first-order valence-electron chi connectivity index (χ1n) is 9.63. The summed E-state index contributed by atoms with van der Waals surface area (Å²) >= 11 is 3.23. The van der Waals surface area contributed by atoms with Gasteiger partial charge in [-0.05, 0) is 65.0 Å². The average molecular weight is 448 g/mol. The van der Waals surface area contributed by atoms with E-state index in [9.17, 15) is 4.79 Å². The predicted octanol–water partition coefficient (Wildman–Crippen LogP) is 7.00. The van der Waals surface area contributed by atoms with Crippen LogP contribution >= 0.6 is 23.3 Å². The lowest BCUT2D eigenvalue weighted by Gasteiger charge is -2.11. The van der Waals surface area contributed by atoms with E-state index < -0.39 is 5.97 Å². The molecule has 1 heterocycles. The number of carbonyl (C=O) groups is 1. The van der Waals surface area contributed by atoms with Crippen LogP contribution in [-0.4, -0.2) is 20.2 Å². The SMILES string of the molecule is COC(=O)c1ccc(NSc2ccc(-c3cccc(-c4ccccc4)c3)s2)c(OC)c1. The van der Waals surface area contributed by atoms with Crippen molar-refractivity contribution in [2.24, 2.45) is 0 Å². The van der Waals surface area contributed by atoms with Gasteiger partial charge in [-0.3, -0.25) is 0 Å². The third kappa shape index (κ3) is 4.93. The summed E-state index contributed by atoms with van der Waals surface area (Å²) < 4.78 is 14.6. The number of rotatable bonds is 7. The number of carbonyl (C=O) groups excluding carboxylic acids is 1. The molecule has 0 saturated carbocycles. The van der Waals surface area contributed by atoms with E-state index in [1.807, 2.05) is 12.1 Å². The molecule has 0 amide bonds. The molecule has 0 aliphatic rings.